The zero-order valence-electron chi connectivity index (χ0n) is 19.9. The molecule has 32 heavy (non-hydrogen) atoms. The average Bonchev–Trinajstić information content (AvgIpc) is 3.28. The Labute approximate surface area is 205 Å². The summed E-state index contributed by atoms with van der Waals surface area (Å²) < 4.78 is 0.975. The number of allylic oxidation sites excluding steroid dienone is 4. The molecular weight excluding hydrogens is 486 g/mol. The van der Waals surface area contributed by atoms with E-state index in [-0.39, 0.29) is 5.92 Å². The van der Waals surface area contributed by atoms with E-state index in [0.717, 1.165) is 40.5 Å². The van der Waals surface area contributed by atoms with E-state index in [1.807, 2.05) is 64.3 Å². The molecule has 1 aliphatic rings. The second-order valence-corrected chi connectivity index (χ2v) is 8.32. The molecule has 0 spiro atoms. The van der Waals surface area contributed by atoms with Gasteiger partial charge in [-0.1, -0.05) is 86.5 Å². The number of rotatable bonds is 6. The monoisotopic (exact) mass is 521 g/mol. The first-order chi connectivity index (χ1) is 15.5. The summed E-state index contributed by atoms with van der Waals surface area (Å²) in [6.07, 6.45) is 10.6. The third-order valence-corrected chi connectivity index (χ3v) is 5.85. The minimum Gasteiger partial charge on any atom is -0.478 e. The first kappa shape index (κ1) is 29.8. The summed E-state index contributed by atoms with van der Waals surface area (Å²) in [4.78, 5) is 22.4. The van der Waals surface area contributed by atoms with Gasteiger partial charge in [0.25, 0.3) is 0 Å². The van der Waals surface area contributed by atoms with Gasteiger partial charge < -0.3 is 15.2 Å². The van der Waals surface area contributed by atoms with E-state index < -0.39 is 5.97 Å². The van der Waals surface area contributed by atoms with Gasteiger partial charge in [-0.2, -0.15) is 0 Å². The lowest BCUT2D eigenvalue weighted by Gasteiger charge is -2.09. The van der Waals surface area contributed by atoms with Crippen LogP contribution in [0.4, 0.5) is 5.69 Å². The van der Waals surface area contributed by atoms with E-state index in [2.05, 4.69) is 39.5 Å². The van der Waals surface area contributed by atoms with Crippen molar-refractivity contribution < 1.29 is 14.7 Å². The summed E-state index contributed by atoms with van der Waals surface area (Å²) >= 11 is 4.79. The Morgan fingerprint density at radius 1 is 1.22 bits per heavy atom. The number of carbonyl (C=O) groups is 2. The maximum atomic E-state index is 11.3. The van der Waals surface area contributed by atoms with Gasteiger partial charge in [-0.25, -0.2) is 4.79 Å². The number of carboxylic acid groups (broad SMARTS) is 1. The van der Waals surface area contributed by atoms with Crippen molar-refractivity contribution in [3.63, 3.8) is 0 Å². The number of carbonyl (C=O) groups excluding carboxylic acids is 1. The fourth-order valence-electron chi connectivity index (χ4n) is 2.85. The lowest BCUT2D eigenvalue weighted by atomic mass is 9.96. The molecule has 4 nitrogen and oxygen atoms in total. The van der Waals surface area contributed by atoms with Gasteiger partial charge in [0.15, 0.2) is 0 Å². The standard InChI is InChI=1S/C12H10BrNO2S.C10H14O.2C2H6/c1-14-9-6-17-11(10(9)12(15)16)7-2-4-8(13)5-3-7;1-9(8-11)7-10-5-3-2-4-6-10;2*1-2/h2-6,14H,1H3,(H,15,16);2-3,5,8-9H,4,6-7H2,1H3;2*1-2H3. The van der Waals surface area contributed by atoms with Gasteiger partial charge in [-0.05, 0) is 37.0 Å². The van der Waals surface area contributed by atoms with Gasteiger partial charge in [0.2, 0.25) is 0 Å². The fourth-order valence-corrected chi connectivity index (χ4v) is 4.18. The van der Waals surface area contributed by atoms with Crippen molar-refractivity contribution in [1.29, 1.82) is 0 Å². The van der Waals surface area contributed by atoms with Crippen LogP contribution < -0.4 is 5.32 Å². The summed E-state index contributed by atoms with van der Waals surface area (Å²) in [5.74, 6) is -0.721. The number of aromatic carboxylic acids is 1. The van der Waals surface area contributed by atoms with Crippen LogP contribution in [0.2, 0.25) is 0 Å². The molecule has 0 amide bonds. The van der Waals surface area contributed by atoms with Gasteiger partial charge in [0.05, 0.1) is 10.6 Å². The molecule has 3 rings (SSSR count). The molecule has 0 fully saturated rings. The maximum Gasteiger partial charge on any atom is 0.339 e. The maximum absolute atomic E-state index is 11.3. The van der Waals surface area contributed by atoms with Crippen molar-refractivity contribution in [1.82, 2.24) is 0 Å². The van der Waals surface area contributed by atoms with E-state index in [9.17, 15) is 14.7 Å². The molecule has 0 saturated heterocycles. The Hall–Kier alpha value is -2.18. The van der Waals surface area contributed by atoms with Crippen LogP contribution in [-0.2, 0) is 4.79 Å². The van der Waals surface area contributed by atoms with Crippen molar-refractivity contribution in [2.75, 3.05) is 12.4 Å². The average molecular weight is 523 g/mol. The van der Waals surface area contributed by atoms with Crippen LogP contribution in [-0.4, -0.2) is 24.4 Å². The molecular formula is C26H36BrNO3S. The third-order valence-electron chi connectivity index (χ3n) is 4.30. The Balaban J connectivity index is 0.000000555. The number of hydrogen-bond donors (Lipinski definition) is 2. The van der Waals surface area contributed by atoms with E-state index in [4.69, 9.17) is 0 Å². The highest BCUT2D eigenvalue weighted by molar-refractivity contribution is 9.10. The van der Waals surface area contributed by atoms with Gasteiger partial charge in [0, 0.05) is 22.8 Å². The number of carboxylic acids is 1. The first-order valence-corrected chi connectivity index (χ1v) is 12.7. The zero-order chi connectivity index (χ0) is 24.5. The predicted molar refractivity (Wildman–Crippen MR) is 143 cm³/mol. The molecule has 6 heteroatoms. The highest BCUT2D eigenvalue weighted by atomic mass is 79.9. The Morgan fingerprint density at radius 3 is 2.31 bits per heavy atom. The van der Waals surface area contributed by atoms with Gasteiger partial charge >= 0.3 is 5.97 Å². The Morgan fingerprint density at radius 2 is 1.84 bits per heavy atom. The largest absolute Gasteiger partial charge is 0.478 e. The summed E-state index contributed by atoms with van der Waals surface area (Å²) in [5, 5.41) is 14.0. The second-order valence-electron chi connectivity index (χ2n) is 6.52. The van der Waals surface area contributed by atoms with Crippen LogP contribution in [0.5, 0.6) is 0 Å². The van der Waals surface area contributed by atoms with Gasteiger partial charge in [-0.3, -0.25) is 0 Å². The first-order valence-electron chi connectivity index (χ1n) is 11.0. The summed E-state index contributed by atoms with van der Waals surface area (Å²) in [6.45, 7) is 9.96. The van der Waals surface area contributed by atoms with Crippen molar-refractivity contribution in [3.8, 4) is 10.4 Å². The molecule has 176 valence electrons. The topological polar surface area (TPSA) is 66.4 Å². The molecule has 0 aliphatic heterocycles. The normalized spacial score (nSPS) is 12.4. The number of thiophene rings is 1. The van der Waals surface area contributed by atoms with Crippen LogP contribution in [0.15, 0.2) is 57.9 Å². The lowest BCUT2D eigenvalue weighted by molar-refractivity contribution is -0.110. The molecule has 1 heterocycles. The smallest absolute Gasteiger partial charge is 0.339 e. The molecule has 1 aromatic carbocycles. The van der Waals surface area contributed by atoms with Crippen molar-refractivity contribution >= 4 is 45.2 Å². The zero-order valence-corrected chi connectivity index (χ0v) is 22.3. The van der Waals surface area contributed by atoms with Crippen LogP contribution in [0, 0.1) is 5.92 Å². The minimum atomic E-state index is -0.909. The number of halogens is 1. The highest BCUT2D eigenvalue weighted by Crippen LogP contribution is 2.36. The molecule has 1 unspecified atom stereocenters. The lowest BCUT2D eigenvalue weighted by Crippen LogP contribution is -2.01. The minimum absolute atomic E-state index is 0.188. The van der Waals surface area contributed by atoms with Crippen LogP contribution in [0.3, 0.4) is 0 Å². The second kappa shape index (κ2) is 17.4. The SMILES string of the molecule is CC.CC.CC(C=O)CC1=CC=CCC1.CNc1csc(-c2ccc(Br)cc2)c1C(=O)O. The fraction of sp³-hybridized carbons (Fsp3) is 0.385. The molecule has 2 aromatic rings. The number of anilines is 1. The molecule has 1 aliphatic carbocycles. The third kappa shape index (κ3) is 9.96. The summed E-state index contributed by atoms with van der Waals surface area (Å²) in [6, 6.07) is 7.61. The van der Waals surface area contributed by atoms with Crippen LogP contribution in [0.25, 0.3) is 10.4 Å². The van der Waals surface area contributed by atoms with E-state index in [1.165, 1.54) is 16.9 Å². The Bertz CT molecular complexity index is 870. The summed E-state index contributed by atoms with van der Waals surface area (Å²) in [5.41, 5.74) is 3.31. The number of nitrogens with one attached hydrogen (secondary N) is 1. The Kier molecular flexibility index (Phi) is 16.2. The van der Waals surface area contributed by atoms with Crippen LogP contribution >= 0.6 is 27.3 Å². The molecule has 0 bridgehead atoms. The summed E-state index contributed by atoms with van der Waals surface area (Å²) in [7, 11) is 1.72. The molecule has 0 saturated carbocycles. The predicted octanol–water partition coefficient (Wildman–Crippen LogP) is 8.46. The molecule has 0 radical (unpaired) electrons. The quantitative estimate of drug-likeness (QED) is 0.374. The van der Waals surface area contributed by atoms with Crippen molar-refractivity contribution in [3.05, 3.63) is 63.5 Å². The van der Waals surface area contributed by atoms with Gasteiger partial charge in [0.1, 0.15) is 11.8 Å². The van der Waals surface area contributed by atoms with E-state index in [0.29, 0.717) is 11.3 Å². The van der Waals surface area contributed by atoms with Crippen molar-refractivity contribution in [2.45, 2.75) is 53.9 Å². The van der Waals surface area contributed by atoms with E-state index in [1.54, 1.807) is 7.05 Å². The molecule has 2 N–H and O–H groups in total. The van der Waals surface area contributed by atoms with E-state index >= 15 is 0 Å². The number of hydrogen-bond acceptors (Lipinski definition) is 4. The number of benzene rings is 1. The number of aldehydes is 1. The molecule has 1 atom stereocenters. The highest BCUT2D eigenvalue weighted by Gasteiger charge is 2.18. The van der Waals surface area contributed by atoms with Crippen LogP contribution in [0.1, 0.15) is 64.2 Å². The molecule has 1 aromatic heterocycles. The van der Waals surface area contributed by atoms with Gasteiger partial charge in [-0.15, -0.1) is 11.3 Å². The van der Waals surface area contributed by atoms with Crippen molar-refractivity contribution in [2.24, 2.45) is 5.92 Å².